The maximum atomic E-state index is 12.5. The van der Waals surface area contributed by atoms with Crippen LogP contribution in [0.1, 0.15) is 46.8 Å². The molecule has 0 unspecified atom stereocenters. The van der Waals surface area contributed by atoms with Crippen LogP contribution in [0.15, 0.2) is 54.6 Å². The topological polar surface area (TPSA) is 32.3 Å². The molecule has 1 aliphatic heterocycles. The van der Waals surface area contributed by atoms with Gasteiger partial charge in [0.1, 0.15) is 0 Å². The first-order chi connectivity index (χ1) is 11.7. The number of rotatable bonds is 5. The number of amides is 1. The van der Waals surface area contributed by atoms with Gasteiger partial charge in [-0.25, -0.2) is 0 Å². The number of carbonyl (C=O) groups excluding carboxylic acids is 1. The van der Waals surface area contributed by atoms with E-state index in [2.05, 4.69) is 34.5 Å². The molecule has 2 aromatic rings. The Morgan fingerprint density at radius 1 is 1.04 bits per heavy atom. The Labute approximate surface area is 144 Å². The fourth-order valence-corrected chi connectivity index (χ4v) is 3.44. The Bertz CT molecular complexity index is 663. The van der Waals surface area contributed by atoms with Crippen LogP contribution >= 0.6 is 0 Å². The summed E-state index contributed by atoms with van der Waals surface area (Å²) >= 11 is 0. The van der Waals surface area contributed by atoms with E-state index in [0.717, 1.165) is 24.2 Å². The van der Waals surface area contributed by atoms with Crippen LogP contribution in [0.3, 0.4) is 0 Å². The van der Waals surface area contributed by atoms with E-state index in [4.69, 9.17) is 0 Å². The fourth-order valence-electron chi connectivity index (χ4n) is 3.44. The molecule has 1 fully saturated rings. The smallest absolute Gasteiger partial charge is 0.251 e. The summed E-state index contributed by atoms with van der Waals surface area (Å²) in [7, 11) is 0. The SMILES string of the molecule is Cc1cccc(C(=O)NC[C@H](c2ccccc2)N2CCCCC2)c1. The van der Waals surface area contributed by atoms with Crippen LogP contribution in [0.5, 0.6) is 0 Å². The van der Waals surface area contributed by atoms with Crippen LogP contribution in [0.25, 0.3) is 0 Å². The number of benzene rings is 2. The highest BCUT2D eigenvalue weighted by Gasteiger charge is 2.22. The second-order valence-corrected chi connectivity index (χ2v) is 6.60. The number of nitrogens with one attached hydrogen (secondary N) is 1. The molecule has 1 atom stereocenters. The summed E-state index contributed by atoms with van der Waals surface area (Å²) in [6.07, 6.45) is 3.80. The van der Waals surface area contributed by atoms with Gasteiger partial charge in [0.2, 0.25) is 0 Å². The maximum absolute atomic E-state index is 12.5. The molecule has 3 rings (SSSR count). The Morgan fingerprint density at radius 3 is 2.50 bits per heavy atom. The maximum Gasteiger partial charge on any atom is 0.251 e. The normalized spacial score (nSPS) is 16.5. The lowest BCUT2D eigenvalue weighted by atomic mass is 10.0. The fraction of sp³-hybridized carbons (Fsp3) is 0.381. The van der Waals surface area contributed by atoms with E-state index in [0.29, 0.717) is 6.54 Å². The van der Waals surface area contributed by atoms with Crippen molar-refractivity contribution in [2.24, 2.45) is 0 Å². The van der Waals surface area contributed by atoms with E-state index >= 15 is 0 Å². The molecule has 1 saturated heterocycles. The molecular formula is C21H26N2O. The van der Waals surface area contributed by atoms with Crippen molar-refractivity contribution in [3.05, 3.63) is 71.3 Å². The van der Waals surface area contributed by atoms with Gasteiger partial charge >= 0.3 is 0 Å². The second-order valence-electron chi connectivity index (χ2n) is 6.60. The first-order valence-electron chi connectivity index (χ1n) is 8.88. The minimum absolute atomic E-state index is 0.0108. The van der Waals surface area contributed by atoms with Gasteiger partial charge < -0.3 is 5.32 Å². The molecule has 0 spiro atoms. The summed E-state index contributed by atoms with van der Waals surface area (Å²) in [5, 5.41) is 3.14. The highest BCUT2D eigenvalue weighted by molar-refractivity contribution is 5.94. The van der Waals surface area contributed by atoms with Crippen LogP contribution in [0.4, 0.5) is 0 Å². The summed E-state index contributed by atoms with van der Waals surface area (Å²) in [5.74, 6) is 0.0108. The lowest BCUT2D eigenvalue weighted by Crippen LogP contribution is -2.40. The zero-order valence-corrected chi connectivity index (χ0v) is 14.4. The van der Waals surface area contributed by atoms with E-state index in [-0.39, 0.29) is 11.9 Å². The zero-order chi connectivity index (χ0) is 16.8. The van der Waals surface area contributed by atoms with E-state index in [1.807, 2.05) is 37.3 Å². The highest BCUT2D eigenvalue weighted by Crippen LogP contribution is 2.24. The largest absolute Gasteiger partial charge is 0.350 e. The van der Waals surface area contributed by atoms with Crippen molar-refractivity contribution in [1.82, 2.24) is 10.2 Å². The number of hydrogen-bond donors (Lipinski definition) is 1. The quantitative estimate of drug-likeness (QED) is 0.904. The number of carbonyl (C=O) groups is 1. The van der Waals surface area contributed by atoms with Crippen molar-refractivity contribution in [2.45, 2.75) is 32.2 Å². The van der Waals surface area contributed by atoms with Crippen molar-refractivity contribution in [2.75, 3.05) is 19.6 Å². The number of piperidine rings is 1. The van der Waals surface area contributed by atoms with E-state index in [1.165, 1.54) is 24.8 Å². The molecule has 2 aromatic carbocycles. The van der Waals surface area contributed by atoms with Crippen LogP contribution in [0, 0.1) is 6.92 Å². The van der Waals surface area contributed by atoms with Crippen molar-refractivity contribution < 1.29 is 4.79 Å². The van der Waals surface area contributed by atoms with Gasteiger partial charge in [0, 0.05) is 12.1 Å². The molecule has 0 bridgehead atoms. The minimum Gasteiger partial charge on any atom is -0.350 e. The lowest BCUT2D eigenvalue weighted by Gasteiger charge is -2.35. The van der Waals surface area contributed by atoms with Gasteiger partial charge in [0.15, 0.2) is 0 Å². The molecule has 1 aliphatic rings. The summed E-state index contributed by atoms with van der Waals surface area (Å²) in [5.41, 5.74) is 3.13. The predicted octanol–water partition coefficient (Wildman–Crippen LogP) is 3.95. The third-order valence-corrected chi connectivity index (χ3v) is 4.75. The van der Waals surface area contributed by atoms with Gasteiger partial charge in [-0.1, -0.05) is 54.4 Å². The lowest BCUT2D eigenvalue weighted by molar-refractivity contribution is 0.0924. The first kappa shape index (κ1) is 16.7. The molecule has 1 amide bonds. The summed E-state index contributed by atoms with van der Waals surface area (Å²) in [6.45, 7) is 4.88. The van der Waals surface area contributed by atoms with Gasteiger partial charge in [0.25, 0.3) is 5.91 Å². The predicted molar refractivity (Wildman–Crippen MR) is 98.1 cm³/mol. The van der Waals surface area contributed by atoms with E-state index in [9.17, 15) is 4.79 Å². The Kier molecular flexibility index (Phi) is 5.65. The zero-order valence-electron chi connectivity index (χ0n) is 14.4. The first-order valence-corrected chi connectivity index (χ1v) is 8.88. The number of hydrogen-bond acceptors (Lipinski definition) is 2. The van der Waals surface area contributed by atoms with Gasteiger partial charge in [-0.2, -0.15) is 0 Å². The molecule has 3 heteroatoms. The van der Waals surface area contributed by atoms with Crippen LogP contribution in [-0.2, 0) is 0 Å². The third-order valence-electron chi connectivity index (χ3n) is 4.75. The Morgan fingerprint density at radius 2 is 1.79 bits per heavy atom. The van der Waals surface area contributed by atoms with Gasteiger partial charge in [-0.3, -0.25) is 9.69 Å². The molecule has 1 heterocycles. The summed E-state index contributed by atoms with van der Waals surface area (Å²) < 4.78 is 0. The monoisotopic (exact) mass is 322 g/mol. The number of likely N-dealkylation sites (tertiary alicyclic amines) is 1. The van der Waals surface area contributed by atoms with Gasteiger partial charge in [0.05, 0.1) is 6.04 Å². The highest BCUT2D eigenvalue weighted by atomic mass is 16.1. The van der Waals surface area contributed by atoms with Crippen molar-refractivity contribution in [3.63, 3.8) is 0 Å². The van der Waals surface area contributed by atoms with Crippen LogP contribution in [-0.4, -0.2) is 30.4 Å². The van der Waals surface area contributed by atoms with Crippen molar-refractivity contribution in [3.8, 4) is 0 Å². The standard InChI is InChI=1S/C21H26N2O/c1-17-9-8-12-19(15-17)21(24)22-16-20(18-10-4-2-5-11-18)23-13-6-3-7-14-23/h2,4-5,8-12,15,20H,3,6-7,13-14,16H2,1H3,(H,22,24)/t20-/m1/s1. The molecular weight excluding hydrogens is 296 g/mol. The van der Waals surface area contributed by atoms with Crippen molar-refractivity contribution >= 4 is 5.91 Å². The molecule has 0 aliphatic carbocycles. The molecule has 126 valence electrons. The molecule has 0 saturated carbocycles. The summed E-state index contributed by atoms with van der Waals surface area (Å²) in [6, 6.07) is 18.5. The third kappa shape index (κ3) is 4.24. The minimum atomic E-state index is 0.0108. The molecule has 1 N–H and O–H groups in total. The summed E-state index contributed by atoms with van der Waals surface area (Å²) in [4.78, 5) is 15.0. The number of nitrogens with zero attached hydrogens (tertiary/aromatic N) is 1. The molecule has 0 radical (unpaired) electrons. The van der Waals surface area contributed by atoms with E-state index < -0.39 is 0 Å². The van der Waals surface area contributed by atoms with Crippen molar-refractivity contribution in [1.29, 1.82) is 0 Å². The number of aryl methyl sites for hydroxylation is 1. The Balaban J connectivity index is 1.71. The second kappa shape index (κ2) is 8.11. The van der Waals surface area contributed by atoms with Gasteiger partial charge in [-0.15, -0.1) is 0 Å². The van der Waals surface area contributed by atoms with Crippen LogP contribution < -0.4 is 5.32 Å². The molecule has 24 heavy (non-hydrogen) atoms. The van der Waals surface area contributed by atoms with Crippen LogP contribution in [0.2, 0.25) is 0 Å². The average molecular weight is 322 g/mol. The van der Waals surface area contributed by atoms with E-state index in [1.54, 1.807) is 0 Å². The Hall–Kier alpha value is -2.13. The average Bonchev–Trinajstić information content (AvgIpc) is 2.63. The van der Waals surface area contributed by atoms with Gasteiger partial charge in [-0.05, 0) is 50.6 Å². The molecule has 0 aromatic heterocycles. The molecule has 3 nitrogen and oxygen atoms in total.